The van der Waals surface area contributed by atoms with Crippen molar-refractivity contribution in [2.75, 3.05) is 19.6 Å². The number of rotatable bonds is 5. The van der Waals surface area contributed by atoms with Crippen molar-refractivity contribution in [1.82, 2.24) is 0 Å². The molecule has 4 heteroatoms. The smallest absolute Gasteiger partial charge is 0.190 e. The van der Waals surface area contributed by atoms with Crippen LogP contribution < -0.4 is 0 Å². The molecule has 0 bridgehead atoms. The molecule has 0 aromatic heterocycles. The van der Waals surface area contributed by atoms with Crippen LogP contribution >= 0.6 is 11.6 Å². The van der Waals surface area contributed by atoms with Gasteiger partial charge in [0.25, 0.3) is 0 Å². The van der Waals surface area contributed by atoms with E-state index in [1.54, 1.807) is 0 Å². The van der Waals surface area contributed by atoms with E-state index >= 15 is 0 Å². The van der Waals surface area contributed by atoms with Gasteiger partial charge < -0.3 is 10.2 Å². The SMILES string of the molecule is CC(O)Cl.CCC(O)[N+](CC)(CC)CC. The third-order valence-corrected chi connectivity index (χ3v) is 2.89. The van der Waals surface area contributed by atoms with Crippen LogP contribution in [0.5, 0.6) is 0 Å². The van der Waals surface area contributed by atoms with Gasteiger partial charge in [-0.25, -0.2) is 0 Å². The van der Waals surface area contributed by atoms with Crippen molar-refractivity contribution in [3.63, 3.8) is 0 Å². The Morgan fingerprint density at radius 2 is 1.27 bits per heavy atom. The molecule has 3 nitrogen and oxygen atoms in total. The first-order chi connectivity index (χ1) is 6.90. The number of halogens is 1. The number of aliphatic hydroxyl groups is 2. The molecule has 2 N–H and O–H groups in total. The van der Waals surface area contributed by atoms with Crippen LogP contribution in [-0.4, -0.2) is 46.1 Å². The summed E-state index contributed by atoms with van der Waals surface area (Å²) in [5.41, 5.74) is -0.694. The molecule has 0 spiro atoms. The zero-order chi connectivity index (χ0) is 12.5. The monoisotopic (exact) mass is 240 g/mol. The molecule has 2 atom stereocenters. The quantitative estimate of drug-likeness (QED) is 0.439. The van der Waals surface area contributed by atoms with E-state index in [0.29, 0.717) is 0 Å². The molecule has 94 valence electrons. The summed E-state index contributed by atoms with van der Waals surface area (Å²) in [4.78, 5) is 0. The summed E-state index contributed by atoms with van der Waals surface area (Å²) in [6.45, 7) is 13.1. The summed E-state index contributed by atoms with van der Waals surface area (Å²) in [6, 6.07) is 0. The van der Waals surface area contributed by atoms with Gasteiger partial charge in [0.1, 0.15) is 5.56 Å². The highest BCUT2D eigenvalue weighted by Crippen LogP contribution is 2.13. The van der Waals surface area contributed by atoms with Gasteiger partial charge in [0.2, 0.25) is 0 Å². The number of hydrogen-bond acceptors (Lipinski definition) is 2. The van der Waals surface area contributed by atoms with Crippen molar-refractivity contribution in [3.8, 4) is 0 Å². The van der Waals surface area contributed by atoms with Crippen LogP contribution in [0.4, 0.5) is 0 Å². The van der Waals surface area contributed by atoms with Crippen molar-refractivity contribution in [2.45, 2.75) is 52.8 Å². The minimum Gasteiger partial charge on any atom is -0.378 e. The van der Waals surface area contributed by atoms with E-state index in [2.05, 4.69) is 20.8 Å². The third kappa shape index (κ3) is 7.12. The Balaban J connectivity index is 0. The zero-order valence-electron chi connectivity index (χ0n) is 10.7. The van der Waals surface area contributed by atoms with Crippen LogP contribution in [0.25, 0.3) is 0 Å². The molecular formula is C11H27ClNO2+. The highest BCUT2D eigenvalue weighted by molar-refractivity contribution is 6.19. The van der Waals surface area contributed by atoms with Gasteiger partial charge in [-0.2, -0.15) is 0 Å². The minimum atomic E-state index is -0.694. The normalized spacial score (nSPS) is 15.2. The lowest BCUT2D eigenvalue weighted by Gasteiger charge is -2.39. The van der Waals surface area contributed by atoms with Gasteiger partial charge >= 0.3 is 0 Å². The first-order valence-corrected chi connectivity index (χ1v) is 6.19. The summed E-state index contributed by atoms with van der Waals surface area (Å²) in [5, 5.41) is 17.6. The molecule has 0 aromatic rings. The standard InChI is InChI=1S/C9H22NO.C2H5ClO/c1-5-9(11)10(6-2,7-3)8-4;1-2(3)4/h9,11H,5-8H2,1-4H3;2,4H,1H3/q+1;. The molecule has 0 aliphatic rings. The fourth-order valence-electron chi connectivity index (χ4n) is 1.69. The van der Waals surface area contributed by atoms with Gasteiger partial charge in [0, 0.05) is 6.42 Å². The second kappa shape index (κ2) is 9.40. The average molecular weight is 241 g/mol. The highest BCUT2D eigenvalue weighted by atomic mass is 35.5. The van der Waals surface area contributed by atoms with Gasteiger partial charge in [-0.05, 0) is 27.7 Å². The Hall–Kier alpha value is 0.170. The van der Waals surface area contributed by atoms with E-state index in [9.17, 15) is 5.11 Å². The molecule has 0 fully saturated rings. The number of quaternary nitrogens is 1. The molecule has 0 heterocycles. The van der Waals surface area contributed by atoms with Gasteiger partial charge in [0.05, 0.1) is 19.6 Å². The molecule has 0 aromatic carbocycles. The molecule has 0 saturated heterocycles. The van der Waals surface area contributed by atoms with Crippen LogP contribution in [0.3, 0.4) is 0 Å². The molecular weight excluding hydrogens is 214 g/mol. The maximum Gasteiger partial charge on any atom is 0.190 e. The zero-order valence-corrected chi connectivity index (χ0v) is 11.5. The number of alkyl halides is 1. The topological polar surface area (TPSA) is 40.5 Å². The molecule has 0 amide bonds. The van der Waals surface area contributed by atoms with Gasteiger partial charge in [-0.15, -0.1) is 0 Å². The molecule has 2 unspecified atom stereocenters. The first-order valence-electron chi connectivity index (χ1n) is 5.76. The van der Waals surface area contributed by atoms with E-state index in [-0.39, 0.29) is 6.23 Å². The second-order valence-electron chi connectivity index (χ2n) is 3.63. The van der Waals surface area contributed by atoms with E-state index < -0.39 is 5.56 Å². The van der Waals surface area contributed by atoms with Gasteiger partial charge in [0.15, 0.2) is 6.23 Å². The maximum absolute atomic E-state index is 9.74. The molecule has 0 rings (SSSR count). The summed E-state index contributed by atoms with van der Waals surface area (Å²) in [6.07, 6.45) is 0.685. The Morgan fingerprint density at radius 3 is 1.33 bits per heavy atom. The molecule has 0 saturated carbocycles. The number of hydrogen-bond donors (Lipinski definition) is 2. The Bertz CT molecular complexity index is 128. The summed E-state index contributed by atoms with van der Waals surface area (Å²) < 4.78 is 0.844. The molecule has 0 radical (unpaired) electrons. The maximum atomic E-state index is 9.74. The Morgan fingerprint density at radius 1 is 1.00 bits per heavy atom. The summed E-state index contributed by atoms with van der Waals surface area (Å²) in [7, 11) is 0. The lowest BCUT2D eigenvalue weighted by Crippen LogP contribution is -2.54. The molecule has 0 aliphatic carbocycles. The van der Waals surface area contributed by atoms with E-state index in [0.717, 1.165) is 30.5 Å². The fourth-order valence-corrected chi connectivity index (χ4v) is 1.69. The summed E-state index contributed by atoms with van der Waals surface area (Å²) in [5.74, 6) is 0. The van der Waals surface area contributed by atoms with Crippen LogP contribution in [-0.2, 0) is 0 Å². The van der Waals surface area contributed by atoms with E-state index in [1.165, 1.54) is 6.92 Å². The van der Waals surface area contributed by atoms with Crippen molar-refractivity contribution in [3.05, 3.63) is 0 Å². The average Bonchev–Trinajstić information content (AvgIpc) is 2.20. The van der Waals surface area contributed by atoms with Gasteiger partial charge in [-0.1, -0.05) is 18.5 Å². The Kier molecular flexibility index (Phi) is 11.0. The van der Waals surface area contributed by atoms with Crippen LogP contribution in [0.15, 0.2) is 0 Å². The van der Waals surface area contributed by atoms with Crippen molar-refractivity contribution in [2.24, 2.45) is 0 Å². The third-order valence-electron chi connectivity index (χ3n) is 2.89. The predicted molar refractivity (Wildman–Crippen MR) is 65.7 cm³/mol. The Labute approximate surface area is 99.3 Å². The van der Waals surface area contributed by atoms with Crippen molar-refractivity contribution in [1.29, 1.82) is 0 Å². The lowest BCUT2D eigenvalue weighted by molar-refractivity contribution is -0.966. The largest absolute Gasteiger partial charge is 0.378 e. The van der Waals surface area contributed by atoms with Crippen LogP contribution in [0, 0.1) is 0 Å². The van der Waals surface area contributed by atoms with E-state index in [4.69, 9.17) is 16.7 Å². The first kappa shape index (κ1) is 17.6. The van der Waals surface area contributed by atoms with Crippen LogP contribution in [0.2, 0.25) is 0 Å². The van der Waals surface area contributed by atoms with Crippen molar-refractivity contribution >= 4 is 11.6 Å². The van der Waals surface area contributed by atoms with E-state index in [1.807, 2.05) is 6.92 Å². The van der Waals surface area contributed by atoms with Crippen molar-refractivity contribution < 1.29 is 14.7 Å². The van der Waals surface area contributed by atoms with Crippen LogP contribution in [0.1, 0.15) is 41.0 Å². The minimum absolute atomic E-state index is 0.171. The second-order valence-corrected chi connectivity index (χ2v) is 4.26. The fraction of sp³-hybridized carbons (Fsp3) is 1.00. The highest BCUT2D eigenvalue weighted by Gasteiger charge is 2.28. The van der Waals surface area contributed by atoms with Gasteiger partial charge in [-0.3, -0.25) is 4.48 Å². The number of aliphatic hydroxyl groups excluding tert-OH is 2. The predicted octanol–water partition coefficient (Wildman–Crippen LogP) is 2.15. The molecule has 0 aliphatic heterocycles. The molecule has 15 heavy (non-hydrogen) atoms. The summed E-state index contributed by atoms with van der Waals surface area (Å²) >= 11 is 4.83. The lowest BCUT2D eigenvalue weighted by atomic mass is 10.2. The number of nitrogens with zero attached hydrogens (tertiary/aromatic N) is 1.